The van der Waals surface area contributed by atoms with Gasteiger partial charge in [-0.25, -0.2) is 9.36 Å². The van der Waals surface area contributed by atoms with Crippen LogP contribution in [0.25, 0.3) is 5.69 Å². The van der Waals surface area contributed by atoms with Crippen molar-refractivity contribution in [2.45, 2.75) is 6.92 Å². The van der Waals surface area contributed by atoms with E-state index in [-0.39, 0.29) is 5.56 Å². The first kappa shape index (κ1) is 16.7. The number of benzene rings is 2. The van der Waals surface area contributed by atoms with Crippen LogP contribution in [0.1, 0.15) is 15.9 Å². The number of carbonyl (C=O) groups is 1. The van der Waals surface area contributed by atoms with Gasteiger partial charge in [-0.2, -0.15) is 0 Å². The number of carbonyl (C=O) groups excluding carboxylic acids is 1. The molecule has 126 valence electrons. The van der Waals surface area contributed by atoms with E-state index in [1.807, 2.05) is 6.92 Å². The summed E-state index contributed by atoms with van der Waals surface area (Å²) in [5, 5.41) is 3.04. The normalized spacial score (nSPS) is 10.5. The van der Waals surface area contributed by atoms with Crippen molar-refractivity contribution in [3.8, 4) is 5.69 Å². The molecular formula is C18H14ClN3O3. The number of hydrogen-bond donors (Lipinski definition) is 2. The van der Waals surface area contributed by atoms with Gasteiger partial charge in [0.2, 0.25) is 0 Å². The summed E-state index contributed by atoms with van der Waals surface area (Å²) >= 11 is 5.88. The van der Waals surface area contributed by atoms with Crippen LogP contribution in [0.4, 0.5) is 5.69 Å². The summed E-state index contributed by atoms with van der Waals surface area (Å²) in [6.45, 7) is 1.89. The Morgan fingerprint density at radius 2 is 1.84 bits per heavy atom. The van der Waals surface area contributed by atoms with E-state index in [2.05, 4.69) is 10.3 Å². The molecule has 1 aromatic heterocycles. The van der Waals surface area contributed by atoms with Gasteiger partial charge >= 0.3 is 5.69 Å². The minimum Gasteiger partial charge on any atom is -0.322 e. The molecule has 0 radical (unpaired) electrons. The molecule has 0 saturated heterocycles. The summed E-state index contributed by atoms with van der Waals surface area (Å²) in [4.78, 5) is 39.5. The van der Waals surface area contributed by atoms with Crippen molar-refractivity contribution in [2.24, 2.45) is 0 Å². The van der Waals surface area contributed by atoms with Crippen LogP contribution in [0.3, 0.4) is 0 Å². The molecule has 1 heterocycles. The third-order valence-electron chi connectivity index (χ3n) is 3.60. The van der Waals surface area contributed by atoms with Crippen LogP contribution < -0.4 is 16.6 Å². The molecule has 0 unspecified atom stereocenters. The third-order valence-corrected chi connectivity index (χ3v) is 3.83. The van der Waals surface area contributed by atoms with E-state index in [1.165, 1.54) is 0 Å². The molecule has 0 aliphatic heterocycles. The van der Waals surface area contributed by atoms with Crippen LogP contribution in [0.15, 0.2) is 64.3 Å². The molecule has 3 rings (SSSR count). The number of anilines is 1. The maximum atomic E-state index is 12.6. The Balaban J connectivity index is 2.02. The molecule has 0 fully saturated rings. The maximum Gasteiger partial charge on any atom is 0.333 e. The summed E-state index contributed by atoms with van der Waals surface area (Å²) in [5.74, 6) is -0.635. The maximum absolute atomic E-state index is 12.6. The largest absolute Gasteiger partial charge is 0.333 e. The summed E-state index contributed by atoms with van der Waals surface area (Å²) in [7, 11) is 0. The number of aromatic amines is 1. The van der Waals surface area contributed by atoms with Gasteiger partial charge in [-0.3, -0.25) is 9.59 Å². The predicted molar refractivity (Wildman–Crippen MR) is 96.8 cm³/mol. The third kappa shape index (κ3) is 3.54. The van der Waals surface area contributed by atoms with E-state index in [0.29, 0.717) is 16.4 Å². The van der Waals surface area contributed by atoms with Gasteiger partial charge in [0.25, 0.3) is 11.5 Å². The highest BCUT2D eigenvalue weighted by atomic mass is 35.5. The second-order valence-corrected chi connectivity index (χ2v) is 5.88. The molecule has 7 heteroatoms. The van der Waals surface area contributed by atoms with Crippen LogP contribution in [0, 0.1) is 6.92 Å². The SMILES string of the molecule is Cc1ccc(-n2c(=O)[nH]cc(C(=O)Nc3cccc(Cl)c3)c2=O)cc1. The van der Waals surface area contributed by atoms with Gasteiger partial charge in [0.05, 0.1) is 5.69 Å². The quantitative estimate of drug-likeness (QED) is 0.757. The Morgan fingerprint density at radius 1 is 1.12 bits per heavy atom. The highest BCUT2D eigenvalue weighted by molar-refractivity contribution is 6.30. The van der Waals surface area contributed by atoms with Gasteiger partial charge < -0.3 is 10.3 Å². The molecule has 0 aliphatic carbocycles. The van der Waals surface area contributed by atoms with Crippen molar-refractivity contribution in [1.82, 2.24) is 9.55 Å². The molecule has 0 spiro atoms. The zero-order valence-electron chi connectivity index (χ0n) is 13.2. The van der Waals surface area contributed by atoms with E-state index in [0.717, 1.165) is 16.3 Å². The lowest BCUT2D eigenvalue weighted by Gasteiger charge is -2.08. The molecule has 2 aromatic carbocycles. The van der Waals surface area contributed by atoms with Crippen LogP contribution >= 0.6 is 11.6 Å². The number of nitrogens with zero attached hydrogens (tertiary/aromatic N) is 1. The topological polar surface area (TPSA) is 84.0 Å². The zero-order valence-corrected chi connectivity index (χ0v) is 14.0. The Hall–Kier alpha value is -3.12. The molecule has 25 heavy (non-hydrogen) atoms. The highest BCUT2D eigenvalue weighted by Gasteiger charge is 2.16. The number of H-pyrrole nitrogens is 1. The number of nitrogens with one attached hydrogen (secondary N) is 2. The Labute approximate surface area is 147 Å². The molecule has 3 aromatic rings. The first-order valence-corrected chi connectivity index (χ1v) is 7.82. The van der Waals surface area contributed by atoms with Gasteiger partial charge in [-0.15, -0.1) is 0 Å². The van der Waals surface area contributed by atoms with Crippen molar-refractivity contribution in [2.75, 3.05) is 5.32 Å². The van der Waals surface area contributed by atoms with Crippen LogP contribution in [-0.2, 0) is 0 Å². The lowest BCUT2D eigenvalue weighted by Crippen LogP contribution is -2.38. The van der Waals surface area contributed by atoms with Crippen molar-refractivity contribution >= 4 is 23.2 Å². The molecular weight excluding hydrogens is 342 g/mol. The molecule has 1 amide bonds. The zero-order chi connectivity index (χ0) is 18.0. The fourth-order valence-corrected chi connectivity index (χ4v) is 2.52. The highest BCUT2D eigenvalue weighted by Crippen LogP contribution is 2.15. The fourth-order valence-electron chi connectivity index (χ4n) is 2.33. The van der Waals surface area contributed by atoms with Crippen LogP contribution in [0.5, 0.6) is 0 Å². The summed E-state index contributed by atoms with van der Waals surface area (Å²) < 4.78 is 0.923. The number of amides is 1. The summed E-state index contributed by atoms with van der Waals surface area (Å²) in [6, 6.07) is 13.4. The Bertz CT molecular complexity index is 1050. The monoisotopic (exact) mass is 355 g/mol. The first-order chi connectivity index (χ1) is 12.0. The lowest BCUT2D eigenvalue weighted by molar-refractivity contribution is 0.102. The van der Waals surface area contributed by atoms with E-state index in [4.69, 9.17) is 11.6 Å². The Morgan fingerprint density at radius 3 is 2.52 bits per heavy atom. The number of aromatic nitrogens is 2. The minimum atomic E-state index is -0.702. The summed E-state index contributed by atoms with van der Waals surface area (Å²) in [5.41, 5.74) is 0.322. The first-order valence-electron chi connectivity index (χ1n) is 7.44. The average molecular weight is 356 g/mol. The Kier molecular flexibility index (Phi) is 4.54. The molecule has 0 bridgehead atoms. The van der Waals surface area contributed by atoms with Gasteiger partial charge in [0.1, 0.15) is 5.56 Å². The second-order valence-electron chi connectivity index (χ2n) is 5.45. The molecule has 2 N–H and O–H groups in total. The van der Waals surface area contributed by atoms with Crippen molar-refractivity contribution in [3.05, 3.63) is 91.7 Å². The number of aryl methyl sites for hydroxylation is 1. The van der Waals surface area contributed by atoms with Gasteiger partial charge in [-0.05, 0) is 37.3 Å². The molecule has 0 atom stereocenters. The van der Waals surface area contributed by atoms with Crippen molar-refractivity contribution < 1.29 is 4.79 Å². The van der Waals surface area contributed by atoms with E-state index < -0.39 is 17.2 Å². The van der Waals surface area contributed by atoms with E-state index in [9.17, 15) is 14.4 Å². The predicted octanol–water partition coefficient (Wildman–Crippen LogP) is 2.74. The van der Waals surface area contributed by atoms with E-state index >= 15 is 0 Å². The van der Waals surface area contributed by atoms with Gasteiger partial charge in [-0.1, -0.05) is 35.4 Å². The van der Waals surface area contributed by atoms with Crippen molar-refractivity contribution in [3.63, 3.8) is 0 Å². The smallest absolute Gasteiger partial charge is 0.322 e. The van der Waals surface area contributed by atoms with Gasteiger partial charge in [0, 0.05) is 16.9 Å². The second kappa shape index (κ2) is 6.78. The lowest BCUT2D eigenvalue weighted by atomic mass is 10.2. The average Bonchev–Trinajstić information content (AvgIpc) is 2.56. The van der Waals surface area contributed by atoms with Crippen molar-refractivity contribution in [1.29, 1.82) is 0 Å². The minimum absolute atomic E-state index is 0.180. The van der Waals surface area contributed by atoms with Crippen LogP contribution in [-0.4, -0.2) is 15.5 Å². The van der Waals surface area contributed by atoms with Gasteiger partial charge in [0.15, 0.2) is 0 Å². The standard InChI is InChI=1S/C18H14ClN3O3/c1-11-5-7-14(8-6-11)22-17(24)15(10-20-18(22)25)16(23)21-13-4-2-3-12(19)9-13/h2-10H,1H3,(H,20,25)(H,21,23). The fraction of sp³-hybridized carbons (Fsp3) is 0.0556. The number of hydrogen-bond acceptors (Lipinski definition) is 3. The number of rotatable bonds is 3. The summed E-state index contributed by atoms with van der Waals surface area (Å²) in [6.07, 6.45) is 1.11. The molecule has 6 nitrogen and oxygen atoms in total. The molecule has 0 aliphatic rings. The molecule has 0 saturated carbocycles. The van der Waals surface area contributed by atoms with E-state index in [1.54, 1.807) is 48.5 Å². The number of halogens is 1. The van der Waals surface area contributed by atoms with Crippen LogP contribution in [0.2, 0.25) is 5.02 Å².